The fourth-order valence-electron chi connectivity index (χ4n) is 3.86. The highest BCUT2D eigenvalue weighted by Gasteiger charge is 2.19. The summed E-state index contributed by atoms with van der Waals surface area (Å²) in [6.45, 7) is 1.81. The molecule has 6 nitrogen and oxygen atoms in total. The Morgan fingerprint density at radius 1 is 1.15 bits per heavy atom. The lowest BCUT2D eigenvalue weighted by molar-refractivity contribution is 0.0922. The number of rotatable bonds is 3. The van der Waals surface area contributed by atoms with Gasteiger partial charge in [0.15, 0.2) is 0 Å². The van der Waals surface area contributed by atoms with E-state index in [0.29, 0.717) is 11.3 Å². The van der Waals surface area contributed by atoms with E-state index in [9.17, 15) is 9.59 Å². The Morgan fingerprint density at radius 3 is 2.67 bits per heavy atom. The molecule has 0 aromatic carbocycles. The molecule has 3 aromatic heterocycles. The summed E-state index contributed by atoms with van der Waals surface area (Å²) in [6, 6.07) is 5.99. The van der Waals surface area contributed by atoms with Crippen LogP contribution in [0.1, 0.15) is 48.2 Å². The number of amides is 1. The van der Waals surface area contributed by atoms with E-state index in [4.69, 9.17) is 0 Å². The monoisotopic (exact) mass is 364 g/mol. The predicted molar refractivity (Wildman–Crippen MR) is 105 cm³/mol. The van der Waals surface area contributed by atoms with Gasteiger partial charge in [-0.1, -0.05) is 19.3 Å². The van der Waals surface area contributed by atoms with Crippen LogP contribution in [0.4, 0.5) is 0 Å². The number of hydrogen-bond acceptors (Lipinski definition) is 3. The van der Waals surface area contributed by atoms with E-state index in [1.54, 1.807) is 17.8 Å². The summed E-state index contributed by atoms with van der Waals surface area (Å²) in [6.07, 6.45) is 11.1. The van der Waals surface area contributed by atoms with Gasteiger partial charge in [-0.05, 0) is 49.1 Å². The van der Waals surface area contributed by atoms with Crippen molar-refractivity contribution in [3.05, 3.63) is 58.4 Å². The Hall–Kier alpha value is -2.89. The molecule has 27 heavy (non-hydrogen) atoms. The summed E-state index contributed by atoms with van der Waals surface area (Å²) in [5.74, 6) is -0.0804. The molecule has 1 amide bonds. The van der Waals surface area contributed by atoms with Gasteiger partial charge in [-0.25, -0.2) is 4.98 Å². The number of pyridine rings is 2. The maximum Gasteiger partial charge on any atom is 0.270 e. The van der Waals surface area contributed by atoms with Gasteiger partial charge in [0.25, 0.3) is 11.5 Å². The second-order valence-electron chi connectivity index (χ2n) is 7.43. The van der Waals surface area contributed by atoms with E-state index >= 15 is 0 Å². The summed E-state index contributed by atoms with van der Waals surface area (Å²) in [4.78, 5) is 29.1. The van der Waals surface area contributed by atoms with E-state index in [1.807, 2.05) is 41.9 Å². The van der Waals surface area contributed by atoms with E-state index in [2.05, 4.69) is 10.3 Å². The van der Waals surface area contributed by atoms with Crippen LogP contribution in [0, 0.1) is 6.92 Å². The van der Waals surface area contributed by atoms with Crippen LogP contribution >= 0.6 is 0 Å². The topological polar surface area (TPSA) is 68.4 Å². The third-order valence-electron chi connectivity index (χ3n) is 5.37. The Kier molecular flexibility index (Phi) is 4.56. The zero-order chi connectivity index (χ0) is 19.0. The number of fused-ring (bicyclic) bond motifs is 1. The number of nitrogens with zero attached hydrogens (tertiary/aromatic N) is 3. The number of carbonyl (C=O) groups is 1. The largest absolute Gasteiger partial charge is 0.348 e. The van der Waals surface area contributed by atoms with Gasteiger partial charge >= 0.3 is 0 Å². The van der Waals surface area contributed by atoms with Crippen molar-refractivity contribution < 1.29 is 4.79 Å². The standard InChI is InChI=1S/C21H24N4O2/c1-14-10-16(12-24(2)21(14)27)15-8-9-19-22-11-18(25(19)13-15)20(26)23-17-6-4-3-5-7-17/h8-13,17H,3-7H2,1-2H3,(H,23,26). The Morgan fingerprint density at radius 2 is 1.93 bits per heavy atom. The summed E-state index contributed by atoms with van der Waals surface area (Å²) < 4.78 is 3.41. The maximum absolute atomic E-state index is 12.8. The second kappa shape index (κ2) is 7.02. The molecular formula is C21H24N4O2. The van der Waals surface area contributed by atoms with E-state index < -0.39 is 0 Å². The molecule has 1 aliphatic rings. The molecule has 0 bridgehead atoms. The normalized spacial score (nSPS) is 15.2. The minimum atomic E-state index is -0.0804. The molecule has 1 aliphatic carbocycles. The molecule has 0 spiro atoms. The van der Waals surface area contributed by atoms with Crippen molar-refractivity contribution in [2.24, 2.45) is 7.05 Å². The molecule has 0 radical (unpaired) electrons. The number of aromatic nitrogens is 3. The molecule has 3 aromatic rings. The quantitative estimate of drug-likeness (QED) is 0.777. The van der Waals surface area contributed by atoms with Crippen molar-refractivity contribution in [2.75, 3.05) is 0 Å². The molecule has 4 rings (SSSR count). The maximum atomic E-state index is 12.8. The molecule has 140 valence electrons. The van der Waals surface area contributed by atoms with Crippen molar-refractivity contribution >= 4 is 11.6 Å². The van der Waals surface area contributed by atoms with Crippen molar-refractivity contribution in [3.8, 4) is 11.1 Å². The number of carbonyl (C=O) groups excluding carboxylic acids is 1. The first-order valence-electron chi connectivity index (χ1n) is 9.48. The molecule has 1 saturated carbocycles. The highest BCUT2D eigenvalue weighted by molar-refractivity contribution is 5.93. The molecule has 1 N–H and O–H groups in total. The highest BCUT2D eigenvalue weighted by atomic mass is 16.2. The van der Waals surface area contributed by atoms with Crippen LogP contribution in [0.25, 0.3) is 16.8 Å². The summed E-state index contributed by atoms with van der Waals surface area (Å²) in [7, 11) is 1.75. The van der Waals surface area contributed by atoms with Crippen LogP contribution in [-0.2, 0) is 7.05 Å². The first-order valence-corrected chi connectivity index (χ1v) is 9.48. The summed E-state index contributed by atoms with van der Waals surface area (Å²) in [5.41, 5.74) is 3.83. The van der Waals surface area contributed by atoms with Crippen molar-refractivity contribution in [1.29, 1.82) is 0 Å². The average molecular weight is 364 g/mol. The van der Waals surface area contributed by atoms with Crippen LogP contribution in [0.15, 0.2) is 41.6 Å². The molecule has 0 saturated heterocycles. The van der Waals surface area contributed by atoms with E-state index in [1.165, 1.54) is 19.3 Å². The zero-order valence-electron chi connectivity index (χ0n) is 15.7. The Bertz CT molecular complexity index is 1030. The van der Waals surface area contributed by atoms with Crippen LogP contribution in [0.2, 0.25) is 0 Å². The van der Waals surface area contributed by atoms with Gasteiger partial charge in [-0.2, -0.15) is 0 Å². The van der Waals surface area contributed by atoms with Crippen LogP contribution in [0.5, 0.6) is 0 Å². The first-order chi connectivity index (χ1) is 13.0. The Balaban J connectivity index is 1.69. The van der Waals surface area contributed by atoms with Gasteiger partial charge < -0.3 is 9.88 Å². The van der Waals surface area contributed by atoms with E-state index in [-0.39, 0.29) is 17.5 Å². The lowest BCUT2D eigenvalue weighted by Gasteiger charge is -2.22. The molecule has 0 atom stereocenters. The molecule has 0 unspecified atom stereocenters. The summed E-state index contributed by atoms with van der Waals surface area (Å²) >= 11 is 0. The lowest BCUT2D eigenvalue weighted by Crippen LogP contribution is -2.36. The van der Waals surface area contributed by atoms with Gasteiger partial charge in [0.2, 0.25) is 0 Å². The number of imidazole rings is 1. The predicted octanol–water partition coefficient (Wildman–Crippen LogP) is 3.07. The molecule has 6 heteroatoms. The third-order valence-corrected chi connectivity index (χ3v) is 5.37. The molecule has 3 heterocycles. The van der Waals surface area contributed by atoms with Gasteiger partial charge in [0, 0.05) is 31.0 Å². The van der Waals surface area contributed by atoms with Gasteiger partial charge in [-0.3, -0.25) is 14.0 Å². The first kappa shape index (κ1) is 17.5. The number of nitrogens with one attached hydrogen (secondary N) is 1. The third kappa shape index (κ3) is 3.39. The van der Waals surface area contributed by atoms with Crippen molar-refractivity contribution in [2.45, 2.75) is 45.1 Å². The van der Waals surface area contributed by atoms with Crippen LogP contribution in [-0.4, -0.2) is 25.9 Å². The minimum absolute atomic E-state index is 0.00462. The van der Waals surface area contributed by atoms with E-state index in [0.717, 1.165) is 29.6 Å². The van der Waals surface area contributed by atoms with Crippen molar-refractivity contribution in [3.63, 3.8) is 0 Å². The highest BCUT2D eigenvalue weighted by Crippen LogP contribution is 2.21. The fraction of sp³-hybridized carbons (Fsp3) is 0.381. The van der Waals surface area contributed by atoms with Gasteiger partial charge in [0.1, 0.15) is 11.3 Å². The summed E-state index contributed by atoms with van der Waals surface area (Å²) in [5, 5.41) is 3.15. The average Bonchev–Trinajstić information content (AvgIpc) is 3.10. The second-order valence-corrected chi connectivity index (χ2v) is 7.43. The SMILES string of the molecule is Cc1cc(-c2ccc3ncc(C(=O)NC4CCCCC4)n3c2)cn(C)c1=O. The molecule has 0 aliphatic heterocycles. The Labute approximate surface area is 157 Å². The van der Waals surface area contributed by atoms with Gasteiger partial charge in [0.05, 0.1) is 6.20 Å². The van der Waals surface area contributed by atoms with Crippen LogP contribution < -0.4 is 10.9 Å². The van der Waals surface area contributed by atoms with Crippen LogP contribution in [0.3, 0.4) is 0 Å². The zero-order valence-corrected chi connectivity index (χ0v) is 15.7. The minimum Gasteiger partial charge on any atom is -0.348 e. The van der Waals surface area contributed by atoms with Gasteiger partial charge in [-0.15, -0.1) is 0 Å². The fourth-order valence-corrected chi connectivity index (χ4v) is 3.86. The lowest BCUT2D eigenvalue weighted by atomic mass is 9.95. The molecule has 1 fully saturated rings. The number of aryl methyl sites for hydroxylation is 2. The smallest absolute Gasteiger partial charge is 0.270 e. The van der Waals surface area contributed by atoms with Crippen molar-refractivity contribution in [1.82, 2.24) is 19.3 Å². The number of hydrogen-bond donors (Lipinski definition) is 1. The molecular weight excluding hydrogens is 340 g/mol.